The molecule has 1 aliphatic heterocycles. The average Bonchev–Trinajstić information content (AvgIpc) is 2.92. The summed E-state index contributed by atoms with van der Waals surface area (Å²) in [6.07, 6.45) is 2.13. The topological polar surface area (TPSA) is 94.6 Å². The lowest BCUT2D eigenvalue weighted by molar-refractivity contribution is 0.0615. The van der Waals surface area contributed by atoms with E-state index in [2.05, 4.69) is 0 Å². The number of sulfone groups is 1. The van der Waals surface area contributed by atoms with Gasteiger partial charge in [0.05, 0.1) is 23.8 Å². The molecular formula is C13H21N3O4S. The van der Waals surface area contributed by atoms with Gasteiger partial charge < -0.3 is 19.9 Å². The number of nitrogens with zero attached hydrogens (tertiary/aromatic N) is 2. The average molecular weight is 315 g/mol. The van der Waals surface area contributed by atoms with Gasteiger partial charge >= 0.3 is 0 Å². The highest BCUT2D eigenvalue weighted by atomic mass is 32.2. The Balaban J connectivity index is 2.23. The molecule has 1 aromatic heterocycles. The fourth-order valence-electron chi connectivity index (χ4n) is 2.61. The Hall–Kier alpha value is -1.54. The normalized spacial score (nSPS) is 20.6. The second kappa shape index (κ2) is 6.07. The summed E-state index contributed by atoms with van der Waals surface area (Å²) in [6, 6.07) is 1.31. The van der Waals surface area contributed by atoms with Crippen LogP contribution in [0.1, 0.15) is 16.9 Å². The number of hydrogen-bond acceptors (Lipinski definition) is 5. The lowest BCUT2D eigenvalue weighted by Crippen LogP contribution is -2.43. The van der Waals surface area contributed by atoms with Gasteiger partial charge in [-0.25, -0.2) is 8.42 Å². The van der Waals surface area contributed by atoms with Gasteiger partial charge in [0.15, 0.2) is 9.84 Å². The molecule has 0 spiro atoms. The number of aryl methyl sites for hydroxylation is 1. The largest absolute Gasteiger partial charge is 0.397 e. The molecule has 2 rings (SSSR count). The molecule has 0 saturated carbocycles. The smallest absolute Gasteiger partial charge is 0.270 e. The summed E-state index contributed by atoms with van der Waals surface area (Å²) in [4.78, 5) is 14.3. The van der Waals surface area contributed by atoms with Gasteiger partial charge in [0.25, 0.3) is 5.91 Å². The van der Waals surface area contributed by atoms with Crippen molar-refractivity contribution in [2.45, 2.75) is 12.5 Å². The van der Waals surface area contributed by atoms with Gasteiger partial charge in [-0.05, 0) is 12.5 Å². The minimum Gasteiger partial charge on any atom is -0.397 e. The molecule has 2 N–H and O–H groups in total. The number of rotatable bonds is 5. The van der Waals surface area contributed by atoms with Crippen LogP contribution < -0.4 is 5.73 Å². The molecule has 0 radical (unpaired) electrons. The number of amides is 1. The molecule has 8 heteroatoms. The second-order valence-corrected chi connectivity index (χ2v) is 7.55. The molecule has 118 valence electrons. The molecular weight excluding hydrogens is 294 g/mol. The van der Waals surface area contributed by atoms with Gasteiger partial charge in [0, 0.05) is 32.9 Å². The molecule has 1 atom stereocenters. The summed E-state index contributed by atoms with van der Waals surface area (Å²) < 4.78 is 30.0. The molecule has 1 saturated heterocycles. The monoisotopic (exact) mass is 315 g/mol. The van der Waals surface area contributed by atoms with Crippen LogP contribution in [0.2, 0.25) is 0 Å². The molecule has 1 aliphatic rings. The van der Waals surface area contributed by atoms with Crippen molar-refractivity contribution in [2.24, 2.45) is 7.05 Å². The van der Waals surface area contributed by atoms with E-state index in [0.717, 1.165) is 0 Å². The number of hydrogen-bond donors (Lipinski definition) is 1. The minimum atomic E-state index is -3.05. The first kappa shape index (κ1) is 15.8. The lowest BCUT2D eigenvalue weighted by atomic mass is 10.2. The Morgan fingerprint density at radius 3 is 2.76 bits per heavy atom. The van der Waals surface area contributed by atoms with Crippen molar-refractivity contribution >= 4 is 21.4 Å². The molecule has 1 amide bonds. The van der Waals surface area contributed by atoms with Crippen LogP contribution >= 0.6 is 0 Å². The van der Waals surface area contributed by atoms with Gasteiger partial charge in [0.1, 0.15) is 5.69 Å². The summed E-state index contributed by atoms with van der Waals surface area (Å²) in [5, 5.41) is 0. The van der Waals surface area contributed by atoms with E-state index in [4.69, 9.17) is 10.5 Å². The Kier molecular flexibility index (Phi) is 4.58. The van der Waals surface area contributed by atoms with E-state index in [1.165, 1.54) is 0 Å². The maximum absolute atomic E-state index is 12.7. The number of nitrogens with two attached hydrogens (primary N) is 1. The van der Waals surface area contributed by atoms with Crippen molar-refractivity contribution in [2.75, 3.05) is 37.5 Å². The van der Waals surface area contributed by atoms with Crippen molar-refractivity contribution in [3.8, 4) is 0 Å². The van der Waals surface area contributed by atoms with Gasteiger partial charge in [-0.3, -0.25) is 4.79 Å². The molecule has 0 aliphatic carbocycles. The Morgan fingerprint density at radius 2 is 2.29 bits per heavy atom. The highest BCUT2D eigenvalue weighted by molar-refractivity contribution is 7.91. The molecule has 2 heterocycles. The fourth-order valence-corrected chi connectivity index (χ4v) is 4.34. The second-order valence-electron chi connectivity index (χ2n) is 5.32. The first-order valence-corrected chi connectivity index (χ1v) is 8.58. The molecule has 7 nitrogen and oxygen atoms in total. The molecule has 1 aromatic rings. The van der Waals surface area contributed by atoms with Crippen LogP contribution in [-0.4, -0.2) is 61.6 Å². The third-order valence-corrected chi connectivity index (χ3v) is 5.44. The number of ether oxygens (including phenoxy) is 1. The van der Waals surface area contributed by atoms with Crippen molar-refractivity contribution in [1.82, 2.24) is 9.47 Å². The summed E-state index contributed by atoms with van der Waals surface area (Å²) in [6.45, 7) is 0.725. The van der Waals surface area contributed by atoms with Crippen molar-refractivity contribution < 1.29 is 17.9 Å². The molecule has 1 unspecified atom stereocenters. The van der Waals surface area contributed by atoms with Crippen molar-refractivity contribution in [1.29, 1.82) is 0 Å². The van der Waals surface area contributed by atoms with Gasteiger partial charge in [-0.2, -0.15) is 0 Å². The standard InChI is InChI=1S/C13H21N3O4S/c1-15-8-10(14)7-12(15)13(17)16(4-5-20-2)11-3-6-21(18,19)9-11/h7-8,11H,3-6,9,14H2,1-2H3. The first-order valence-electron chi connectivity index (χ1n) is 6.76. The van der Waals surface area contributed by atoms with Crippen LogP contribution in [0.3, 0.4) is 0 Å². The molecule has 21 heavy (non-hydrogen) atoms. The van der Waals surface area contributed by atoms with Gasteiger partial charge in [0.2, 0.25) is 0 Å². The summed E-state index contributed by atoms with van der Waals surface area (Å²) in [5.41, 5.74) is 6.66. The zero-order valence-electron chi connectivity index (χ0n) is 12.3. The Bertz CT molecular complexity index is 623. The zero-order valence-corrected chi connectivity index (χ0v) is 13.1. The van der Waals surface area contributed by atoms with Crippen LogP contribution in [-0.2, 0) is 21.6 Å². The summed E-state index contributed by atoms with van der Waals surface area (Å²) >= 11 is 0. The Labute approximate surface area is 124 Å². The van der Waals surface area contributed by atoms with E-state index in [1.807, 2.05) is 0 Å². The lowest BCUT2D eigenvalue weighted by Gasteiger charge is -2.28. The number of methoxy groups -OCH3 is 1. The predicted molar refractivity (Wildman–Crippen MR) is 79.8 cm³/mol. The molecule has 1 fully saturated rings. The van der Waals surface area contributed by atoms with Crippen LogP contribution in [0.25, 0.3) is 0 Å². The van der Waals surface area contributed by atoms with E-state index in [0.29, 0.717) is 31.0 Å². The third-order valence-electron chi connectivity index (χ3n) is 3.69. The number of nitrogen functional groups attached to an aromatic ring is 1. The number of anilines is 1. The van der Waals surface area contributed by atoms with E-state index < -0.39 is 9.84 Å². The molecule has 0 aromatic carbocycles. The van der Waals surface area contributed by atoms with E-state index in [-0.39, 0.29) is 23.5 Å². The highest BCUT2D eigenvalue weighted by Gasteiger charge is 2.35. The van der Waals surface area contributed by atoms with Crippen LogP contribution in [0.5, 0.6) is 0 Å². The number of carbonyl (C=O) groups is 1. The van der Waals surface area contributed by atoms with Crippen molar-refractivity contribution in [3.05, 3.63) is 18.0 Å². The Morgan fingerprint density at radius 1 is 1.57 bits per heavy atom. The van der Waals surface area contributed by atoms with Gasteiger partial charge in [-0.1, -0.05) is 0 Å². The van der Waals surface area contributed by atoms with Crippen LogP contribution in [0.4, 0.5) is 5.69 Å². The quantitative estimate of drug-likeness (QED) is 0.817. The van der Waals surface area contributed by atoms with Crippen LogP contribution in [0, 0.1) is 0 Å². The maximum atomic E-state index is 12.7. The summed E-state index contributed by atoms with van der Waals surface area (Å²) in [7, 11) is 0.237. The number of aromatic nitrogens is 1. The van der Waals surface area contributed by atoms with Crippen LogP contribution in [0.15, 0.2) is 12.3 Å². The molecule has 0 bridgehead atoms. The SMILES string of the molecule is COCCN(C(=O)c1cc(N)cn1C)C1CCS(=O)(=O)C1. The maximum Gasteiger partial charge on any atom is 0.270 e. The first-order chi connectivity index (χ1) is 9.84. The summed E-state index contributed by atoms with van der Waals surface area (Å²) in [5.74, 6) is -0.0696. The zero-order chi connectivity index (χ0) is 15.6. The fraction of sp³-hybridized carbons (Fsp3) is 0.615. The highest BCUT2D eigenvalue weighted by Crippen LogP contribution is 2.21. The van der Waals surface area contributed by atoms with Gasteiger partial charge in [-0.15, -0.1) is 0 Å². The predicted octanol–water partition coefficient (Wildman–Crippen LogP) is -0.117. The third kappa shape index (κ3) is 3.56. The number of carbonyl (C=O) groups excluding carboxylic acids is 1. The van der Waals surface area contributed by atoms with E-state index in [9.17, 15) is 13.2 Å². The van der Waals surface area contributed by atoms with E-state index in [1.54, 1.807) is 35.9 Å². The van der Waals surface area contributed by atoms with E-state index >= 15 is 0 Å². The minimum absolute atomic E-state index is 0.0162. The van der Waals surface area contributed by atoms with Crippen molar-refractivity contribution in [3.63, 3.8) is 0 Å².